The van der Waals surface area contributed by atoms with Gasteiger partial charge >= 0.3 is 5.97 Å². The summed E-state index contributed by atoms with van der Waals surface area (Å²) in [5.74, 6) is -1.52. The molecule has 0 aliphatic carbocycles. The van der Waals surface area contributed by atoms with Gasteiger partial charge in [-0.05, 0) is 18.2 Å². The Labute approximate surface area is 121 Å². The Kier molecular flexibility index (Phi) is 4.04. The predicted molar refractivity (Wildman–Crippen MR) is 73.5 cm³/mol. The van der Waals surface area contributed by atoms with Crippen LogP contribution in [-0.4, -0.2) is 22.0 Å². The van der Waals surface area contributed by atoms with E-state index in [0.29, 0.717) is 5.00 Å². The van der Waals surface area contributed by atoms with E-state index in [1.165, 1.54) is 24.4 Å². The molecule has 0 aliphatic rings. The van der Waals surface area contributed by atoms with Gasteiger partial charge in [0.2, 0.25) is 0 Å². The lowest BCUT2D eigenvalue weighted by Crippen LogP contribution is -2.11. The third-order valence-electron chi connectivity index (χ3n) is 2.12. The van der Waals surface area contributed by atoms with E-state index in [1.54, 1.807) is 0 Å². The molecule has 5 nitrogen and oxygen atoms in total. The molecule has 0 saturated carbocycles. The van der Waals surface area contributed by atoms with Crippen LogP contribution in [0.25, 0.3) is 0 Å². The number of pyridine rings is 1. The number of aromatic carboxylic acids is 1. The van der Waals surface area contributed by atoms with Gasteiger partial charge in [0.25, 0.3) is 5.91 Å². The van der Waals surface area contributed by atoms with Crippen molar-refractivity contribution >= 4 is 51.4 Å². The summed E-state index contributed by atoms with van der Waals surface area (Å²) >= 11 is 12.5. The van der Waals surface area contributed by atoms with Crippen LogP contribution in [0.2, 0.25) is 10.2 Å². The topological polar surface area (TPSA) is 79.3 Å². The maximum absolute atomic E-state index is 11.9. The van der Waals surface area contributed by atoms with Gasteiger partial charge in [0, 0.05) is 6.20 Å². The molecule has 1 amide bonds. The molecule has 8 heteroatoms. The molecule has 0 aromatic carbocycles. The van der Waals surface area contributed by atoms with Crippen LogP contribution in [0.1, 0.15) is 20.0 Å². The zero-order valence-electron chi connectivity index (χ0n) is 9.18. The van der Waals surface area contributed by atoms with E-state index in [4.69, 9.17) is 28.3 Å². The third-order valence-corrected chi connectivity index (χ3v) is 3.62. The number of aromatic nitrogens is 1. The molecule has 2 aromatic rings. The van der Waals surface area contributed by atoms with Gasteiger partial charge in [0.05, 0.1) is 15.6 Å². The van der Waals surface area contributed by atoms with Crippen molar-refractivity contribution < 1.29 is 14.7 Å². The van der Waals surface area contributed by atoms with Gasteiger partial charge in [-0.2, -0.15) is 0 Å². The minimum atomic E-state index is -1.05. The molecule has 0 saturated heterocycles. The normalized spacial score (nSPS) is 10.2. The van der Waals surface area contributed by atoms with Crippen LogP contribution >= 0.6 is 34.5 Å². The number of carbonyl (C=O) groups is 2. The van der Waals surface area contributed by atoms with Crippen LogP contribution in [0.4, 0.5) is 5.00 Å². The van der Waals surface area contributed by atoms with Crippen molar-refractivity contribution in [2.45, 2.75) is 0 Å². The van der Waals surface area contributed by atoms with Crippen molar-refractivity contribution in [3.8, 4) is 0 Å². The molecule has 2 aromatic heterocycles. The summed E-state index contributed by atoms with van der Waals surface area (Å²) in [5, 5.41) is 12.0. The molecule has 0 fully saturated rings. The summed E-state index contributed by atoms with van der Waals surface area (Å²) in [5.41, 5.74) is 0.173. The van der Waals surface area contributed by atoms with Crippen LogP contribution in [-0.2, 0) is 0 Å². The second-order valence-electron chi connectivity index (χ2n) is 3.41. The summed E-state index contributed by atoms with van der Waals surface area (Å²) in [6, 6.07) is 4.25. The summed E-state index contributed by atoms with van der Waals surface area (Å²) in [6.45, 7) is 0. The summed E-state index contributed by atoms with van der Waals surface area (Å²) < 4.78 is 0. The lowest BCUT2D eigenvalue weighted by Gasteiger charge is -2.04. The minimum Gasteiger partial charge on any atom is -0.477 e. The summed E-state index contributed by atoms with van der Waals surface area (Å²) in [7, 11) is 0. The number of halogens is 2. The molecule has 98 valence electrons. The number of amides is 1. The predicted octanol–water partition coefficient (Wildman–Crippen LogP) is 3.40. The SMILES string of the molecule is O=C(O)c1ccc(NC(=O)c2cc(Cl)ncc2Cl)s1. The number of carbonyl (C=O) groups excluding carboxylic acids is 1. The average Bonchev–Trinajstić information content (AvgIpc) is 2.80. The Morgan fingerprint density at radius 3 is 2.68 bits per heavy atom. The highest BCUT2D eigenvalue weighted by Crippen LogP contribution is 2.24. The number of nitrogens with one attached hydrogen (secondary N) is 1. The molecule has 2 heterocycles. The van der Waals surface area contributed by atoms with Gasteiger partial charge in [-0.15, -0.1) is 11.3 Å². The molecule has 0 radical (unpaired) electrons. The second kappa shape index (κ2) is 5.56. The van der Waals surface area contributed by atoms with E-state index in [0.717, 1.165) is 11.3 Å². The van der Waals surface area contributed by atoms with Gasteiger partial charge in [0.1, 0.15) is 10.0 Å². The molecule has 0 unspecified atom stereocenters. The minimum absolute atomic E-state index is 0.133. The number of nitrogens with zero attached hydrogens (tertiary/aromatic N) is 1. The number of carboxylic acids is 1. The Balaban J connectivity index is 2.20. The quantitative estimate of drug-likeness (QED) is 0.850. The first-order valence-corrected chi connectivity index (χ1v) is 6.50. The van der Waals surface area contributed by atoms with Crippen LogP contribution < -0.4 is 5.32 Å². The molecule has 0 aliphatic heterocycles. The molecule has 0 spiro atoms. The Morgan fingerprint density at radius 1 is 1.32 bits per heavy atom. The zero-order chi connectivity index (χ0) is 14.0. The Bertz CT molecular complexity index is 657. The van der Waals surface area contributed by atoms with E-state index < -0.39 is 11.9 Å². The smallest absolute Gasteiger partial charge is 0.345 e. The van der Waals surface area contributed by atoms with Crippen molar-refractivity contribution in [3.05, 3.63) is 45.0 Å². The molecular weight excluding hydrogens is 311 g/mol. The number of thiophene rings is 1. The van der Waals surface area contributed by atoms with Crippen molar-refractivity contribution in [1.82, 2.24) is 4.98 Å². The number of carboxylic acid groups (broad SMARTS) is 1. The molecular formula is C11H6Cl2N2O3S. The molecule has 2 rings (SSSR count). The van der Waals surface area contributed by atoms with Gasteiger partial charge in [0.15, 0.2) is 0 Å². The molecule has 0 atom stereocenters. The first-order valence-electron chi connectivity index (χ1n) is 4.93. The fourth-order valence-corrected chi connectivity index (χ4v) is 2.37. The average molecular weight is 317 g/mol. The molecule has 19 heavy (non-hydrogen) atoms. The van der Waals surface area contributed by atoms with Crippen LogP contribution in [0, 0.1) is 0 Å². The Morgan fingerprint density at radius 2 is 2.05 bits per heavy atom. The third kappa shape index (κ3) is 3.23. The fourth-order valence-electron chi connectivity index (χ4n) is 1.29. The number of anilines is 1. The zero-order valence-corrected chi connectivity index (χ0v) is 11.5. The second-order valence-corrected chi connectivity index (χ2v) is 5.29. The molecule has 2 N–H and O–H groups in total. The number of hydrogen-bond donors (Lipinski definition) is 2. The van der Waals surface area contributed by atoms with Crippen molar-refractivity contribution in [2.75, 3.05) is 5.32 Å². The van der Waals surface area contributed by atoms with E-state index in [9.17, 15) is 9.59 Å². The van der Waals surface area contributed by atoms with Crippen molar-refractivity contribution in [3.63, 3.8) is 0 Å². The summed E-state index contributed by atoms with van der Waals surface area (Å²) in [4.78, 5) is 26.5. The van der Waals surface area contributed by atoms with Gasteiger partial charge in [-0.3, -0.25) is 4.79 Å². The summed E-state index contributed by atoms with van der Waals surface area (Å²) in [6.07, 6.45) is 1.27. The number of hydrogen-bond acceptors (Lipinski definition) is 4. The van der Waals surface area contributed by atoms with Gasteiger partial charge in [-0.1, -0.05) is 23.2 Å². The van der Waals surface area contributed by atoms with E-state index in [1.807, 2.05) is 0 Å². The highest BCUT2D eigenvalue weighted by molar-refractivity contribution is 7.18. The van der Waals surface area contributed by atoms with Crippen LogP contribution in [0.3, 0.4) is 0 Å². The highest BCUT2D eigenvalue weighted by Gasteiger charge is 2.14. The van der Waals surface area contributed by atoms with E-state index >= 15 is 0 Å². The van der Waals surface area contributed by atoms with Crippen molar-refractivity contribution in [1.29, 1.82) is 0 Å². The molecule has 0 bridgehead atoms. The Hall–Kier alpha value is -1.63. The van der Waals surface area contributed by atoms with E-state index in [2.05, 4.69) is 10.3 Å². The van der Waals surface area contributed by atoms with E-state index in [-0.39, 0.29) is 20.6 Å². The van der Waals surface area contributed by atoms with Gasteiger partial charge in [-0.25, -0.2) is 9.78 Å². The van der Waals surface area contributed by atoms with Crippen molar-refractivity contribution in [2.24, 2.45) is 0 Å². The first-order chi connectivity index (χ1) is 8.97. The fraction of sp³-hybridized carbons (Fsp3) is 0. The van der Waals surface area contributed by atoms with Crippen LogP contribution in [0.15, 0.2) is 24.4 Å². The lowest BCUT2D eigenvalue weighted by atomic mass is 10.2. The van der Waals surface area contributed by atoms with Crippen LogP contribution in [0.5, 0.6) is 0 Å². The van der Waals surface area contributed by atoms with Gasteiger partial charge < -0.3 is 10.4 Å². The number of rotatable bonds is 3. The lowest BCUT2D eigenvalue weighted by molar-refractivity contribution is 0.0702. The first kappa shape index (κ1) is 13.8. The highest BCUT2D eigenvalue weighted by atomic mass is 35.5. The largest absolute Gasteiger partial charge is 0.477 e. The monoisotopic (exact) mass is 316 g/mol. The maximum Gasteiger partial charge on any atom is 0.345 e. The maximum atomic E-state index is 11.9. The standard InChI is InChI=1S/C11H6Cl2N2O3S/c12-6-4-14-8(13)3-5(6)10(16)15-9-2-1-7(19-9)11(17)18/h1-4H,(H,15,16)(H,17,18).